The summed E-state index contributed by atoms with van der Waals surface area (Å²) in [6.07, 6.45) is 0. The Morgan fingerprint density at radius 2 is 1.58 bits per heavy atom. The first-order chi connectivity index (χ1) is 11.4. The first-order valence-corrected chi connectivity index (χ1v) is 7.72. The molecule has 3 amide bonds. The maximum absolute atomic E-state index is 12.6. The Morgan fingerprint density at radius 3 is 2.08 bits per heavy atom. The lowest BCUT2D eigenvalue weighted by Gasteiger charge is -2.29. The third kappa shape index (κ3) is 2.58. The molecule has 0 aromatic heterocycles. The molecule has 2 aromatic rings. The molecule has 0 aliphatic carbocycles. The van der Waals surface area contributed by atoms with Gasteiger partial charge < -0.3 is 0 Å². The molecule has 0 bridgehead atoms. The molecule has 24 heavy (non-hydrogen) atoms. The first-order valence-electron chi connectivity index (χ1n) is 7.72. The van der Waals surface area contributed by atoms with Gasteiger partial charge >= 0.3 is 0 Å². The molecule has 0 saturated heterocycles. The van der Waals surface area contributed by atoms with Crippen molar-refractivity contribution in [3.63, 3.8) is 0 Å². The number of benzene rings is 2. The van der Waals surface area contributed by atoms with Gasteiger partial charge in [0, 0.05) is 6.92 Å². The van der Waals surface area contributed by atoms with Gasteiger partial charge in [0.05, 0.1) is 17.7 Å². The van der Waals surface area contributed by atoms with Crippen LogP contribution < -0.4 is 0 Å². The lowest BCUT2D eigenvalue weighted by Crippen LogP contribution is -2.48. The zero-order valence-corrected chi connectivity index (χ0v) is 13.9. The van der Waals surface area contributed by atoms with Gasteiger partial charge in [0.1, 0.15) is 0 Å². The van der Waals surface area contributed by atoms with Crippen molar-refractivity contribution in [3.8, 4) is 0 Å². The predicted octanol–water partition coefficient (Wildman–Crippen LogP) is 2.86. The van der Waals surface area contributed by atoms with Crippen molar-refractivity contribution < 1.29 is 14.4 Å². The quantitative estimate of drug-likeness (QED) is 0.817. The number of hydrogen-bond donors (Lipinski definition) is 0. The zero-order valence-electron chi connectivity index (χ0n) is 13.9. The fourth-order valence-electron chi connectivity index (χ4n) is 2.90. The molecule has 0 fully saturated rings. The Balaban J connectivity index is 1.97. The van der Waals surface area contributed by atoms with Crippen LogP contribution in [-0.4, -0.2) is 27.7 Å². The third-order valence-electron chi connectivity index (χ3n) is 4.20. The molecule has 0 spiro atoms. The van der Waals surface area contributed by atoms with Crippen LogP contribution in [0.2, 0.25) is 0 Å². The SMILES string of the molecule is CC(=O)N(Cc1ccc(C)cc1C)N1C(=O)c2ccccc2C1=O. The van der Waals surface area contributed by atoms with Crippen LogP contribution in [0.4, 0.5) is 0 Å². The average molecular weight is 322 g/mol. The fourth-order valence-corrected chi connectivity index (χ4v) is 2.90. The molecule has 1 heterocycles. The molecule has 0 N–H and O–H groups in total. The molecular weight excluding hydrogens is 304 g/mol. The Morgan fingerprint density at radius 1 is 1.00 bits per heavy atom. The van der Waals surface area contributed by atoms with E-state index in [1.165, 1.54) is 11.9 Å². The maximum Gasteiger partial charge on any atom is 0.280 e. The van der Waals surface area contributed by atoms with Gasteiger partial charge in [-0.2, -0.15) is 5.01 Å². The average Bonchev–Trinajstić information content (AvgIpc) is 2.79. The second kappa shape index (κ2) is 5.92. The zero-order chi connectivity index (χ0) is 17.4. The van der Waals surface area contributed by atoms with E-state index in [9.17, 15) is 14.4 Å². The van der Waals surface area contributed by atoms with Gasteiger partial charge in [-0.3, -0.25) is 14.4 Å². The summed E-state index contributed by atoms with van der Waals surface area (Å²) in [4.78, 5) is 37.3. The summed E-state index contributed by atoms with van der Waals surface area (Å²) in [5, 5.41) is 2.16. The standard InChI is InChI=1S/C19H18N2O3/c1-12-8-9-15(13(2)10-12)11-20(14(3)22)21-18(23)16-6-4-5-7-17(16)19(21)24/h4-10H,11H2,1-3H3. The van der Waals surface area contributed by atoms with Gasteiger partial charge in [0.25, 0.3) is 11.8 Å². The molecule has 122 valence electrons. The van der Waals surface area contributed by atoms with Crippen molar-refractivity contribution in [3.05, 3.63) is 70.3 Å². The van der Waals surface area contributed by atoms with E-state index in [4.69, 9.17) is 0 Å². The van der Waals surface area contributed by atoms with Crippen molar-refractivity contribution >= 4 is 17.7 Å². The molecule has 5 nitrogen and oxygen atoms in total. The molecule has 5 heteroatoms. The van der Waals surface area contributed by atoms with Crippen LogP contribution in [0.5, 0.6) is 0 Å². The van der Waals surface area contributed by atoms with Gasteiger partial charge in [0.2, 0.25) is 5.91 Å². The topological polar surface area (TPSA) is 57.7 Å². The van der Waals surface area contributed by atoms with Gasteiger partial charge in [-0.1, -0.05) is 35.9 Å². The number of imide groups is 1. The highest BCUT2D eigenvalue weighted by Gasteiger charge is 2.40. The summed E-state index contributed by atoms with van der Waals surface area (Å²) in [5.74, 6) is -1.28. The van der Waals surface area contributed by atoms with E-state index < -0.39 is 11.8 Å². The minimum absolute atomic E-state index is 0.174. The molecule has 3 rings (SSSR count). The number of rotatable bonds is 3. The van der Waals surface area contributed by atoms with Crippen LogP contribution in [0.15, 0.2) is 42.5 Å². The number of hydrogen-bond acceptors (Lipinski definition) is 3. The van der Waals surface area contributed by atoms with E-state index in [-0.39, 0.29) is 12.5 Å². The molecule has 0 unspecified atom stereocenters. The van der Waals surface area contributed by atoms with Crippen molar-refractivity contribution in [1.29, 1.82) is 0 Å². The second-order valence-electron chi connectivity index (χ2n) is 5.97. The van der Waals surface area contributed by atoms with E-state index in [1.807, 2.05) is 32.0 Å². The monoisotopic (exact) mass is 322 g/mol. The van der Waals surface area contributed by atoms with Gasteiger partial charge in [-0.25, -0.2) is 5.01 Å². The van der Waals surface area contributed by atoms with E-state index in [1.54, 1.807) is 24.3 Å². The van der Waals surface area contributed by atoms with Crippen LogP contribution in [0, 0.1) is 13.8 Å². The van der Waals surface area contributed by atoms with Crippen molar-refractivity contribution in [2.75, 3.05) is 0 Å². The largest absolute Gasteiger partial charge is 0.280 e. The highest BCUT2D eigenvalue weighted by Crippen LogP contribution is 2.26. The molecule has 0 radical (unpaired) electrons. The molecular formula is C19H18N2O3. The molecule has 1 aliphatic rings. The minimum atomic E-state index is -0.462. The Labute approximate surface area is 140 Å². The number of aryl methyl sites for hydroxylation is 2. The van der Waals surface area contributed by atoms with Crippen molar-refractivity contribution in [1.82, 2.24) is 10.0 Å². The van der Waals surface area contributed by atoms with Gasteiger partial charge in [-0.05, 0) is 37.1 Å². The van der Waals surface area contributed by atoms with Crippen molar-refractivity contribution in [2.45, 2.75) is 27.3 Å². The van der Waals surface area contributed by atoms with E-state index in [0.29, 0.717) is 11.1 Å². The second-order valence-corrected chi connectivity index (χ2v) is 5.97. The Kier molecular flexibility index (Phi) is 3.93. The summed E-state index contributed by atoms with van der Waals surface area (Å²) in [6.45, 7) is 5.46. The highest BCUT2D eigenvalue weighted by atomic mass is 16.2. The first kappa shape index (κ1) is 15.9. The maximum atomic E-state index is 12.6. The van der Waals surface area contributed by atoms with Gasteiger partial charge in [-0.15, -0.1) is 0 Å². The lowest BCUT2D eigenvalue weighted by atomic mass is 10.1. The van der Waals surface area contributed by atoms with Crippen LogP contribution in [0.25, 0.3) is 0 Å². The Bertz CT molecular complexity index is 822. The van der Waals surface area contributed by atoms with Crippen molar-refractivity contribution in [2.24, 2.45) is 0 Å². The third-order valence-corrected chi connectivity index (χ3v) is 4.20. The van der Waals surface area contributed by atoms with E-state index in [2.05, 4.69) is 0 Å². The van der Waals surface area contributed by atoms with Crippen LogP contribution >= 0.6 is 0 Å². The number of carbonyl (C=O) groups excluding carboxylic acids is 3. The summed E-state index contributed by atoms with van der Waals surface area (Å²) in [5.41, 5.74) is 3.68. The number of hydrazine groups is 1. The number of fused-ring (bicyclic) bond motifs is 1. The fraction of sp³-hybridized carbons (Fsp3) is 0.211. The molecule has 0 atom stereocenters. The summed E-state index contributed by atoms with van der Waals surface area (Å²) in [6, 6.07) is 12.5. The highest BCUT2D eigenvalue weighted by molar-refractivity contribution is 6.21. The summed E-state index contributed by atoms with van der Waals surface area (Å²) >= 11 is 0. The lowest BCUT2D eigenvalue weighted by molar-refractivity contribution is -0.140. The predicted molar refractivity (Wildman–Crippen MR) is 89.1 cm³/mol. The number of nitrogens with zero attached hydrogens (tertiary/aromatic N) is 2. The minimum Gasteiger partial charge on any atom is -0.273 e. The molecule has 0 saturated carbocycles. The van der Waals surface area contributed by atoms with Crippen LogP contribution in [0.1, 0.15) is 44.3 Å². The molecule has 1 aliphatic heterocycles. The Hall–Kier alpha value is -2.95. The smallest absolute Gasteiger partial charge is 0.273 e. The van der Waals surface area contributed by atoms with Crippen LogP contribution in [-0.2, 0) is 11.3 Å². The summed E-state index contributed by atoms with van der Waals surface area (Å²) in [7, 11) is 0. The van der Waals surface area contributed by atoms with Gasteiger partial charge in [0.15, 0.2) is 0 Å². The van der Waals surface area contributed by atoms with E-state index in [0.717, 1.165) is 21.7 Å². The molecule has 2 aromatic carbocycles. The number of carbonyl (C=O) groups is 3. The summed E-state index contributed by atoms with van der Waals surface area (Å²) < 4.78 is 0. The number of amides is 3. The van der Waals surface area contributed by atoms with E-state index >= 15 is 0 Å². The van der Waals surface area contributed by atoms with Crippen LogP contribution in [0.3, 0.4) is 0 Å². The normalized spacial score (nSPS) is 13.2.